The normalized spacial score (nSPS) is 12.2. The molecule has 136 valence electrons. The van der Waals surface area contributed by atoms with E-state index < -0.39 is 26.7 Å². The van der Waals surface area contributed by atoms with Gasteiger partial charge in [0.25, 0.3) is 0 Å². The maximum Gasteiger partial charge on any atom is 0.417 e. The highest BCUT2D eigenvalue weighted by atomic mass is 35.5. The van der Waals surface area contributed by atoms with E-state index in [0.29, 0.717) is 17.4 Å². The lowest BCUT2D eigenvalue weighted by atomic mass is 10.2. The van der Waals surface area contributed by atoms with Crippen molar-refractivity contribution in [2.75, 3.05) is 19.0 Å². The molecule has 0 spiro atoms. The molecule has 0 aliphatic rings. The van der Waals surface area contributed by atoms with Crippen LogP contribution in [0.3, 0.4) is 0 Å². The van der Waals surface area contributed by atoms with Crippen LogP contribution in [0.15, 0.2) is 41.4 Å². The summed E-state index contributed by atoms with van der Waals surface area (Å²) in [6.45, 7) is -0.192. The second kappa shape index (κ2) is 7.19. The number of nitrogens with zero attached hydrogens (tertiary/aromatic N) is 2. The molecule has 10 heteroatoms. The maximum absolute atomic E-state index is 13.1. The van der Waals surface area contributed by atoms with Gasteiger partial charge in [-0.3, -0.25) is 0 Å². The summed E-state index contributed by atoms with van der Waals surface area (Å²) < 4.78 is 65.9. The molecule has 25 heavy (non-hydrogen) atoms. The molecule has 1 aromatic heterocycles. The van der Waals surface area contributed by atoms with Gasteiger partial charge in [0, 0.05) is 31.9 Å². The first-order chi connectivity index (χ1) is 11.5. The number of aromatic nitrogens is 1. The van der Waals surface area contributed by atoms with Crippen LogP contribution in [-0.2, 0) is 22.7 Å². The van der Waals surface area contributed by atoms with Crippen LogP contribution >= 0.6 is 11.6 Å². The third kappa shape index (κ3) is 4.83. The van der Waals surface area contributed by atoms with Gasteiger partial charge in [-0.05, 0) is 29.8 Å². The zero-order chi connectivity index (χ0) is 18.8. The molecule has 0 amide bonds. The molecule has 1 N–H and O–H groups in total. The molecule has 0 aliphatic heterocycles. The van der Waals surface area contributed by atoms with E-state index in [1.165, 1.54) is 6.20 Å². The second-order valence-electron chi connectivity index (χ2n) is 5.38. The van der Waals surface area contributed by atoms with E-state index >= 15 is 0 Å². The molecular weight excluding hydrogens is 379 g/mol. The monoisotopic (exact) mass is 393 g/mol. The average molecular weight is 394 g/mol. The second-order valence-corrected chi connectivity index (χ2v) is 7.55. The molecule has 1 aromatic carbocycles. The number of benzene rings is 1. The topological polar surface area (TPSA) is 62.3 Å². The van der Waals surface area contributed by atoms with Crippen LogP contribution in [0.2, 0.25) is 5.02 Å². The first kappa shape index (κ1) is 19.5. The largest absolute Gasteiger partial charge is 0.417 e. The summed E-state index contributed by atoms with van der Waals surface area (Å²) >= 11 is 5.56. The number of sulfonamides is 1. The molecule has 2 rings (SSSR count). The Balaban J connectivity index is 2.25. The van der Waals surface area contributed by atoms with Crippen LogP contribution in [-0.4, -0.2) is 27.5 Å². The van der Waals surface area contributed by atoms with Gasteiger partial charge in [0.15, 0.2) is 0 Å². The van der Waals surface area contributed by atoms with Crippen molar-refractivity contribution in [1.29, 1.82) is 0 Å². The lowest BCUT2D eigenvalue weighted by Crippen LogP contribution is -2.26. The molecule has 0 atom stereocenters. The predicted octanol–water partition coefficient (Wildman–Crippen LogP) is 3.30. The fourth-order valence-electron chi connectivity index (χ4n) is 2.00. The minimum atomic E-state index is -4.84. The Morgan fingerprint density at radius 2 is 1.88 bits per heavy atom. The molecule has 0 fully saturated rings. The summed E-state index contributed by atoms with van der Waals surface area (Å²) in [6.07, 6.45) is -3.39. The first-order valence-electron chi connectivity index (χ1n) is 6.99. The Labute approximate surface area is 148 Å². The number of rotatable bonds is 5. The van der Waals surface area contributed by atoms with Gasteiger partial charge in [0.2, 0.25) is 10.0 Å². The van der Waals surface area contributed by atoms with Gasteiger partial charge < -0.3 is 4.90 Å². The van der Waals surface area contributed by atoms with E-state index in [-0.39, 0.29) is 11.6 Å². The predicted molar refractivity (Wildman–Crippen MR) is 89.0 cm³/mol. The number of halogens is 4. The number of alkyl halides is 3. The summed E-state index contributed by atoms with van der Waals surface area (Å²) in [5, 5.41) is -0.199. The molecule has 0 bridgehead atoms. The van der Waals surface area contributed by atoms with Crippen LogP contribution in [0.5, 0.6) is 0 Å². The van der Waals surface area contributed by atoms with Crippen LogP contribution in [0.4, 0.5) is 19.0 Å². The lowest BCUT2D eigenvalue weighted by Gasteiger charge is -2.15. The summed E-state index contributed by atoms with van der Waals surface area (Å²) in [7, 11) is -0.791. The minimum Gasteiger partial charge on any atom is -0.363 e. The Morgan fingerprint density at radius 3 is 2.40 bits per heavy atom. The summed E-state index contributed by atoms with van der Waals surface area (Å²) in [6, 6.07) is 5.83. The van der Waals surface area contributed by atoms with E-state index in [2.05, 4.69) is 9.71 Å². The molecule has 0 saturated carbocycles. The Bertz CT molecular complexity index is 853. The number of anilines is 1. The third-order valence-electron chi connectivity index (χ3n) is 3.27. The van der Waals surface area contributed by atoms with E-state index in [1.54, 1.807) is 31.1 Å². The van der Waals surface area contributed by atoms with Gasteiger partial charge >= 0.3 is 6.18 Å². The maximum atomic E-state index is 13.1. The highest BCUT2D eigenvalue weighted by Gasteiger charge is 2.37. The van der Waals surface area contributed by atoms with Crippen LogP contribution in [0.25, 0.3) is 0 Å². The Morgan fingerprint density at radius 1 is 1.20 bits per heavy atom. The molecule has 0 aliphatic carbocycles. The van der Waals surface area contributed by atoms with Gasteiger partial charge in [-0.15, -0.1) is 0 Å². The van der Waals surface area contributed by atoms with Crippen molar-refractivity contribution in [3.05, 3.63) is 52.7 Å². The summed E-state index contributed by atoms with van der Waals surface area (Å²) in [5.74, 6) is 0.670. The third-order valence-corrected chi connectivity index (χ3v) is 4.96. The zero-order valence-corrected chi connectivity index (χ0v) is 14.9. The van der Waals surface area contributed by atoms with E-state index in [9.17, 15) is 21.6 Å². The van der Waals surface area contributed by atoms with E-state index in [4.69, 9.17) is 11.6 Å². The van der Waals surface area contributed by atoms with E-state index in [1.807, 2.05) is 0 Å². The number of nitrogens with one attached hydrogen (secondary N) is 1. The number of hydrogen-bond acceptors (Lipinski definition) is 4. The summed E-state index contributed by atoms with van der Waals surface area (Å²) in [4.78, 5) is 5.00. The first-order valence-corrected chi connectivity index (χ1v) is 8.85. The SMILES string of the molecule is CN(C)c1ccc(CNS(=O)(=O)c2ccc(Cl)cc2C(F)(F)F)cn1. The van der Waals surface area contributed by atoms with Crippen molar-refractivity contribution in [2.24, 2.45) is 0 Å². The number of pyridine rings is 1. The van der Waals surface area contributed by atoms with Gasteiger partial charge in [0.05, 0.1) is 10.5 Å². The van der Waals surface area contributed by atoms with Gasteiger partial charge in [0.1, 0.15) is 5.82 Å². The lowest BCUT2D eigenvalue weighted by molar-refractivity contribution is -0.139. The van der Waals surface area contributed by atoms with Gasteiger partial charge in [-0.2, -0.15) is 13.2 Å². The molecular formula is C15H15ClF3N3O2S. The van der Waals surface area contributed by atoms with Crippen LogP contribution in [0.1, 0.15) is 11.1 Å². The fraction of sp³-hybridized carbons (Fsp3) is 0.267. The highest BCUT2D eigenvalue weighted by molar-refractivity contribution is 7.89. The summed E-state index contributed by atoms with van der Waals surface area (Å²) in [5.41, 5.74) is -0.801. The van der Waals surface area contributed by atoms with Crippen molar-refractivity contribution >= 4 is 27.4 Å². The van der Waals surface area contributed by atoms with Crippen molar-refractivity contribution in [1.82, 2.24) is 9.71 Å². The fourth-order valence-corrected chi connectivity index (χ4v) is 3.40. The number of hydrogen-bond donors (Lipinski definition) is 1. The highest BCUT2D eigenvalue weighted by Crippen LogP contribution is 2.35. The van der Waals surface area contributed by atoms with E-state index in [0.717, 1.165) is 12.1 Å². The molecule has 2 aromatic rings. The van der Waals surface area contributed by atoms with Gasteiger partial charge in [-0.25, -0.2) is 18.1 Å². The Hall–Kier alpha value is -1.84. The standard InChI is InChI=1S/C15H15ClF3N3O2S/c1-22(2)14-6-3-10(8-20-14)9-21-25(23,24)13-5-4-11(16)7-12(13)15(17,18)19/h3-8,21H,9H2,1-2H3. The van der Waals surface area contributed by atoms with Crippen molar-refractivity contribution in [3.63, 3.8) is 0 Å². The Kier molecular flexibility index (Phi) is 5.60. The quantitative estimate of drug-likeness (QED) is 0.846. The smallest absolute Gasteiger partial charge is 0.363 e. The molecule has 1 heterocycles. The van der Waals surface area contributed by atoms with Crippen LogP contribution < -0.4 is 9.62 Å². The van der Waals surface area contributed by atoms with Gasteiger partial charge in [-0.1, -0.05) is 17.7 Å². The molecule has 0 saturated heterocycles. The molecule has 5 nitrogen and oxygen atoms in total. The van der Waals surface area contributed by atoms with Crippen molar-refractivity contribution in [3.8, 4) is 0 Å². The van der Waals surface area contributed by atoms with Crippen molar-refractivity contribution < 1.29 is 21.6 Å². The average Bonchev–Trinajstić information content (AvgIpc) is 2.52. The molecule has 0 unspecified atom stereocenters. The minimum absolute atomic E-state index is 0.192. The molecule has 0 radical (unpaired) electrons. The van der Waals surface area contributed by atoms with Crippen molar-refractivity contribution in [2.45, 2.75) is 17.6 Å². The zero-order valence-electron chi connectivity index (χ0n) is 13.3. The van der Waals surface area contributed by atoms with Crippen LogP contribution in [0, 0.1) is 0 Å².